The maximum absolute atomic E-state index is 15.2. The van der Waals surface area contributed by atoms with E-state index in [0.29, 0.717) is 38.3 Å². The highest BCUT2D eigenvalue weighted by Gasteiger charge is 2.44. The van der Waals surface area contributed by atoms with Crippen molar-refractivity contribution in [2.45, 2.75) is 44.2 Å². The number of aromatic nitrogens is 1. The Kier molecular flexibility index (Phi) is 4.89. The number of benzene rings is 1. The molecule has 27 heavy (non-hydrogen) atoms. The average molecular weight is 371 g/mol. The first-order valence-electron chi connectivity index (χ1n) is 9.85. The average Bonchev–Trinajstić information content (AvgIpc) is 3.42. The second-order valence-corrected chi connectivity index (χ2v) is 7.90. The second kappa shape index (κ2) is 7.33. The van der Waals surface area contributed by atoms with Crippen LogP contribution in [-0.2, 0) is 16.0 Å². The van der Waals surface area contributed by atoms with Crippen LogP contribution in [0.4, 0.5) is 4.39 Å². The summed E-state index contributed by atoms with van der Waals surface area (Å²) in [5.74, 6) is -0.129. The molecule has 1 aromatic carbocycles. The Morgan fingerprint density at radius 3 is 2.93 bits per heavy atom. The zero-order valence-electron chi connectivity index (χ0n) is 15.5. The van der Waals surface area contributed by atoms with E-state index in [1.165, 1.54) is 4.90 Å². The molecular weight excluding hydrogens is 345 g/mol. The van der Waals surface area contributed by atoms with Crippen LogP contribution in [-0.4, -0.2) is 47.0 Å². The number of rotatable bonds is 6. The van der Waals surface area contributed by atoms with Crippen LogP contribution in [0.2, 0.25) is 0 Å². The molecule has 0 radical (unpaired) electrons. The van der Waals surface area contributed by atoms with Gasteiger partial charge in [-0.3, -0.25) is 9.59 Å². The molecule has 5 nitrogen and oxygen atoms in total. The van der Waals surface area contributed by atoms with Gasteiger partial charge in [-0.25, -0.2) is 4.39 Å². The van der Waals surface area contributed by atoms with Crippen molar-refractivity contribution in [2.75, 3.05) is 19.6 Å². The van der Waals surface area contributed by atoms with E-state index in [1.54, 1.807) is 0 Å². The van der Waals surface area contributed by atoms with Crippen molar-refractivity contribution in [1.82, 2.24) is 15.2 Å². The van der Waals surface area contributed by atoms with Crippen LogP contribution in [0.25, 0.3) is 10.9 Å². The Labute approximate surface area is 158 Å². The highest BCUT2D eigenvalue weighted by Crippen LogP contribution is 2.30. The van der Waals surface area contributed by atoms with E-state index in [4.69, 9.17) is 0 Å². The fourth-order valence-electron chi connectivity index (χ4n) is 3.86. The smallest absolute Gasteiger partial charge is 0.259 e. The maximum atomic E-state index is 15.2. The number of likely N-dealkylation sites (tertiary alicyclic amines) is 1. The minimum absolute atomic E-state index is 0.0861. The van der Waals surface area contributed by atoms with Crippen molar-refractivity contribution < 1.29 is 14.0 Å². The Bertz CT molecular complexity index is 845. The van der Waals surface area contributed by atoms with E-state index in [0.717, 1.165) is 29.3 Å². The summed E-state index contributed by atoms with van der Waals surface area (Å²) in [5.41, 5.74) is 0.182. The number of hydrogen-bond donors (Lipinski definition) is 2. The van der Waals surface area contributed by atoms with Gasteiger partial charge in [0, 0.05) is 36.6 Å². The summed E-state index contributed by atoms with van der Waals surface area (Å²) in [5, 5.41) is 3.85. The number of carbonyl (C=O) groups is 2. The van der Waals surface area contributed by atoms with Crippen molar-refractivity contribution in [3.63, 3.8) is 0 Å². The van der Waals surface area contributed by atoms with Crippen LogP contribution in [0.5, 0.6) is 0 Å². The SMILES string of the molecule is O=C(CCc1c[nH]c2ccccc12)N1CCCC(F)(C(=O)NCC2CC2)C1. The number of nitrogens with one attached hydrogen (secondary N) is 2. The van der Waals surface area contributed by atoms with E-state index >= 15 is 4.39 Å². The lowest BCUT2D eigenvalue weighted by molar-refractivity contribution is -0.143. The predicted octanol–water partition coefficient (Wildman–Crippen LogP) is 2.96. The monoisotopic (exact) mass is 371 g/mol. The molecule has 144 valence electrons. The van der Waals surface area contributed by atoms with Gasteiger partial charge in [0.15, 0.2) is 0 Å². The highest BCUT2D eigenvalue weighted by molar-refractivity contribution is 5.87. The minimum Gasteiger partial charge on any atom is -0.361 e. The van der Waals surface area contributed by atoms with Gasteiger partial charge in [-0.2, -0.15) is 0 Å². The number of hydrogen-bond acceptors (Lipinski definition) is 2. The first-order chi connectivity index (χ1) is 13.0. The number of aromatic amines is 1. The topological polar surface area (TPSA) is 65.2 Å². The van der Waals surface area contributed by atoms with Crippen molar-refractivity contribution in [1.29, 1.82) is 0 Å². The molecule has 2 amide bonds. The molecule has 4 rings (SSSR count). The van der Waals surface area contributed by atoms with Crippen LogP contribution in [0.3, 0.4) is 0 Å². The van der Waals surface area contributed by atoms with Crippen molar-refractivity contribution in [3.8, 4) is 0 Å². The lowest BCUT2D eigenvalue weighted by Gasteiger charge is -2.36. The van der Waals surface area contributed by atoms with E-state index in [9.17, 15) is 9.59 Å². The lowest BCUT2D eigenvalue weighted by atomic mass is 9.93. The molecule has 0 bridgehead atoms. The van der Waals surface area contributed by atoms with Gasteiger partial charge >= 0.3 is 0 Å². The molecule has 2 aliphatic rings. The first kappa shape index (κ1) is 18.0. The number of alkyl halides is 1. The number of fused-ring (bicyclic) bond motifs is 1. The fourth-order valence-corrected chi connectivity index (χ4v) is 3.86. The van der Waals surface area contributed by atoms with Gasteiger partial charge < -0.3 is 15.2 Å². The standard InChI is InChI=1S/C21H26FN3O2/c22-21(20(27)24-12-15-6-7-15)10-3-11-25(14-21)19(26)9-8-16-13-23-18-5-2-1-4-17(16)18/h1-2,4-5,13,15,23H,3,6-12,14H2,(H,24,27). The predicted molar refractivity (Wildman–Crippen MR) is 102 cm³/mol. The summed E-state index contributed by atoms with van der Waals surface area (Å²) in [6.07, 6.45) is 5.78. The Hall–Kier alpha value is -2.37. The highest BCUT2D eigenvalue weighted by atomic mass is 19.1. The van der Waals surface area contributed by atoms with Gasteiger partial charge in [0.05, 0.1) is 6.54 Å². The molecular formula is C21H26FN3O2. The molecule has 2 fully saturated rings. The third-order valence-electron chi connectivity index (χ3n) is 5.73. The normalized spacial score (nSPS) is 22.8. The maximum Gasteiger partial charge on any atom is 0.259 e. The number of amides is 2. The quantitative estimate of drug-likeness (QED) is 0.820. The Morgan fingerprint density at radius 2 is 2.11 bits per heavy atom. The summed E-state index contributed by atoms with van der Waals surface area (Å²) in [6.45, 7) is 0.948. The summed E-state index contributed by atoms with van der Waals surface area (Å²) in [7, 11) is 0. The third-order valence-corrected chi connectivity index (χ3v) is 5.73. The first-order valence-corrected chi connectivity index (χ1v) is 9.85. The summed E-state index contributed by atoms with van der Waals surface area (Å²) in [6, 6.07) is 7.98. The molecule has 1 aromatic heterocycles. The largest absolute Gasteiger partial charge is 0.361 e. The summed E-state index contributed by atoms with van der Waals surface area (Å²) in [4.78, 5) is 29.6. The zero-order valence-corrected chi connectivity index (χ0v) is 15.5. The number of para-hydroxylation sites is 1. The van der Waals surface area contributed by atoms with E-state index in [1.807, 2.05) is 30.5 Å². The zero-order chi connectivity index (χ0) is 18.9. The van der Waals surface area contributed by atoms with Crippen molar-refractivity contribution >= 4 is 22.7 Å². The van der Waals surface area contributed by atoms with Gasteiger partial charge in [-0.1, -0.05) is 18.2 Å². The molecule has 6 heteroatoms. The number of halogens is 1. The van der Waals surface area contributed by atoms with Crippen LogP contribution in [0.1, 0.15) is 37.7 Å². The molecule has 1 saturated heterocycles. The lowest BCUT2D eigenvalue weighted by Crippen LogP contribution is -2.55. The molecule has 1 atom stereocenters. The molecule has 1 unspecified atom stereocenters. The number of nitrogens with zero attached hydrogens (tertiary/aromatic N) is 1. The number of aryl methyl sites for hydroxylation is 1. The number of piperidine rings is 1. The van der Waals surface area contributed by atoms with Gasteiger partial charge in [-0.15, -0.1) is 0 Å². The Morgan fingerprint density at radius 1 is 1.30 bits per heavy atom. The van der Waals surface area contributed by atoms with Gasteiger partial charge in [-0.05, 0) is 49.7 Å². The molecule has 0 spiro atoms. The number of carbonyl (C=O) groups excluding carboxylic acids is 2. The van der Waals surface area contributed by atoms with Crippen LogP contribution in [0.15, 0.2) is 30.5 Å². The van der Waals surface area contributed by atoms with E-state index in [-0.39, 0.29) is 18.9 Å². The second-order valence-electron chi connectivity index (χ2n) is 7.90. The van der Waals surface area contributed by atoms with Gasteiger partial charge in [0.25, 0.3) is 5.91 Å². The van der Waals surface area contributed by atoms with E-state index < -0.39 is 11.6 Å². The summed E-state index contributed by atoms with van der Waals surface area (Å²) < 4.78 is 15.2. The van der Waals surface area contributed by atoms with E-state index in [2.05, 4.69) is 10.3 Å². The number of H-pyrrole nitrogens is 1. The van der Waals surface area contributed by atoms with Crippen molar-refractivity contribution in [2.24, 2.45) is 5.92 Å². The van der Waals surface area contributed by atoms with Crippen molar-refractivity contribution in [3.05, 3.63) is 36.0 Å². The molecule has 2 aromatic rings. The third kappa shape index (κ3) is 3.99. The van der Waals surface area contributed by atoms with Crippen LogP contribution in [0, 0.1) is 5.92 Å². The molecule has 1 aliphatic heterocycles. The fraction of sp³-hybridized carbons (Fsp3) is 0.524. The van der Waals surface area contributed by atoms with Crippen LogP contribution < -0.4 is 5.32 Å². The summed E-state index contributed by atoms with van der Waals surface area (Å²) >= 11 is 0. The molecule has 2 heterocycles. The van der Waals surface area contributed by atoms with Gasteiger partial charge in [0.2, 0.25) is 11.6 Å². The molecule has 1 saturated carbocycles. The van der Waals surface area contributed by atoms with Crippen LogP contribution >= 0.6 is 0 Å². The van der Waals surface area contributed by atoms with Gasteiger partial charge in [0.1, 0.15) is 0 Å². The Balaban J connectivity index is 1.34. The minimum atomic E-state index is -1.95. The molecule has 2 N–H and O–H groups in total. The molecule has 1 aliphatic carbocycles.